The second kappa shape index (κ2) is 4.30. The van der Waals surface area contributed by atoms with E-state index in [0.717, 1.165) is 24.3 Å². The summed E-state index contributed by atoms with van der Waals surface area (Å²) in [5.41, 5.74) is 4.98. The van der Waals surface area contributed by atoms with E-state index >= 15 is 0 Å². The molecule has 0 bridgehead atoms. The van der Waals surface area contributed by atoms with Crippen molar-refractivity contribution in [2.45, 2.75) is 33.7 Å². The van der Waals surface area contributed by atoms with Crippen LogP contribution in [0, 0.1) is 13.8 Å². The molecule has 0 aliphatic rings. The molecule has 86 valence electrons. The van der Waals surface area contributed by atoms with Gasteiger partial charge in [-0.25, -0.2) is 0 Å². The van der Waals surface area contributed by atoms with Gasteiger partial charge in [0.2, 0.25) is 0 Å². The lowest BCUT2D eigenvalue weighted by atomic mass is 10.0. The standard InChI is InChI=1S/C14H19NO/c1-5-11-12-6-9(2)10(3)7-13(12)16-14(11)8-15-4/h6-7,15H,5,8H2,1-4H3. The fourth-order valence-electron chi connectivity index (χ4n) is 2.15. The van der Waals surface area contributed by atoms with Gasteiger partial charge in [0.25, 0.3) is 0 Å². The van der Waals surface area contributed by atoms with E-state index in [1.807, 2.05) is 7.05 Å². The Morgan fingerprint density at radius 1 is 1.19 bits per heavy atom. The highest BCUT2D eigenvalue weighted by molar-refractivity contribution is 5.83. The number of rotatable bonds is 3. The van der Waals surface area contributed by atoms with Crippen LogP contribution in [-0.2, 0) is 13.0 Å². The summed E-state index contributed by atoms with van der Waals surface area (Å²) in [6.07, 6.45) is 1.02. The Kier molecular flexibility index (Phi) is 3.01. The molecule has 2 heteroatoms. The predicted octanol–water partition coefficient (Wildman–Crippen LogP) is 3.33. The minimum atomic E-state index is 0.802. The Hall–Kier alpha value is -1.28. The van der Waals surface area contributed by atoms with Crippen molar-refractivity contribution in [2.75, 3.05) is 7.05 Å². The summed E-state index contributed by atoms with van der Waals surface area (Å²) in [5, 5.41) is 4.43. The Morgan fingerprint density at radius 2 is 1.88 bits per heavy atom. The first-order chi connectivity index (χ1) is 7.67. The van der Waals surface area contributed by atoms with E-state index in [1.54, 1.807) is 0 Å². The number of nitrogens with one attached hydrogen (secondary N) is 1. The molecule has 0 atom stereocenters. The van der Waals surface area contributed by atoms with Crippen LogP contribution in [0.5, 0.6) is 0 Å². The van der Waals surface area contributed by atoms with E-state index in [9.17, 15) is 0 Å². The first-order valence-electron chi connectivity index (χ1n) is 5.83. The lowest BCUT2D eigenvalue weighted by Gasteiger charge is -2.00. The SMILES string of the molecule is CCc1c(CNC)oc2cc(C)c(C)cc12. The van der Waals surface area contributed by atoms with Gasteiger partial charge in [-0.1, -0.05) is 6.92 Å². The number of fused-ring (bicyclic) bond motifs is 1. The van der Waals surface area contributed by atoms with Gasteiger partial charge in [0.15, 0.2) is 0 Å². The fourth-order valence-corrected chi connectivity index (χ4v) is 2.15. The van der Waals surface area contributed by atoms with Gasteiger partial charge < -0.3 is 9.73 Å². The van der Waals surface area contributed by atoms with Gasteiger partial charge in [-0.3, -0.25) is 0 Å². The molecule has 1 N–H and O–H groups in total. The van der Waals surface area contributed by atoms with Crippen molar-refractivity contribution in [1.29, 1.82) is 0 Å². The van der Waals surface area contributed by atoms with Crippen LogP contribution in [0.2, 0.25) is 0 Å². The highest BCUT2D eigenvalue weighted by Crippen LogP contribution is 2.28. The molecule has 1 heterocycles. The van der Waals surface area contributed by atoms with E-state index in [0.29, 0.717) is 0 Å². The van der Waals surface area contributed by atoms with E-state index in [1.165, 1.54) is 22.1 Å². The molecule has 2 nitrogen and oxygen atoms in total. The van der Waals surface area contributed by atoms with Crippen LogP contribution in [0.25, 0.3) is 11.0 Å². The number of hydrogen-bond acceptors (Lipinski definition) is 2. The lowest BCUT2D eigenvalue weighted by Crippen LogP contribution is -2.05. The maximum atomic E-state index is 5.90. The number of furan rings is 1. The summed E-state index contributed by atoms with van der Waals surface area (Å²) in [6.45, 7) is 7.26. The summed E-state index contributed by atoms with van der Waals surface area (Å²) in [5.74, 6) is 1.07. The predicted molar refractivity (Wildman–Crippen MR) is 67.8 cm³/mol. The molecule has 0 saturated carbocycles. The third kappa shape index (κ3) is 1.74. The maximum Gasteiger partial charge on any atom is 0.134 e. The fraction of sp³-hybridized carbons (Fsp3) is 0.429. The molecule has 0 spiro atoms. The smallest absolute Gasteiger partial charge is 0.134 e. The average molecular weight is 217 g/mol. The van der Waals surface area contributed by atoms with Crippen LogP contribution in [0.1, 0.15) is 29.4 Å². The van der Waals surface area contributed by atoms with Crippen LogP contribution in [-0.4, -0.2) is 7.05 Å². The molecule has 2 rings (SSSR count). The lowest BCUT2D eigenvalue weighted by molar-refractivity contribution is 0.524. The molecule has 1 aromatic carbocycles. The number of benzene rings is 1. The van der Waals surface area contributed by atoms with Gasteiger partial charge in [0.1, 0.15) is 11.3 Å². The second-order valence-corrected chi connectivity index (χ2v) is 4.32. The summed E-state index contributed by atoms with van der Waals surface area (Å²) >= 11 is 0. The minimum Gasteiger partial charge on any atom is -0.459 e. The first-order valence-corrected chi connectivity index (χ1v) is 5.83. The van der Waals surface area contributed by atoms with Crippen molar-refractivity contribution in [2.24, 2.45) is 0 Å². The first kappa shape index (κ1) is 11.2. The maximum absolute atomic E-state index is 5.90. The molecule has 0 unspecified atom stereocenters. The third-order valence-electron chi connectivity index (χ3n) is 3.18. The Bertz CT molecular complexity index is 511. The van der Waals surface area contributed by atoms with Gasteiger partial charge in [0, 0.05) is 10.9 Å². The van der Waals surface area contributed by atoms with Crippen LogP contribution < -0.4 is 5.32 Å². The quantitative estimate of drug-likeness (QED) is 0.853. The second-order valence-electron chi connectivity index (χ2n) is 4.32. The zero-order chi connectivity index (χ0) is 11.7. The van der Waals surface area contributed by atoms with Crippen molar-refractivity contribution in [3.8, 4) is 0 Å². The molecular formula is C14H19NO. The van der Waals surface area contributed by atoms with Crippen LogP contribution >= 0.6 is 0 Å². The summed E-state index contributed by atoms with van der Waals surface area (Å²) in [7, 11) is 1.95. The van der Waals surface area contributed by atoms with Crippen molar-refractivity contribution < 1.29 is 4.42 Å². The third-order valence-corrected chi connectivity index (χ3v) is 3.18. The van der Waals surface area contributed by atoms with Gasteiger partial charge in [-0.05, 0) is 50.6 Å². The Labute approximate surface area is 96.6 Å². The zero-order valence-corrected chi connectivity index (χ0v) is 10.5. The topological polar surface area (TPSA) is 25.2 Å². The largest absolute Gasteiger partial charge is 0.459 e. The molecule has 0 radical (unpaired) electrons. The molecule has 0 fully saturated rings. The Balaban J connectivity index is 2.67. The minimum absolute atomic E-state index is 0.802. The van der Waals surface area contributed by atoms with E-state index in [-0.39, 0.29) is 0 Å². The van der Waals surface area contributed by atoms with E-state index in [2.05, 4.69) is 38.2 Å². The zero-order valence-electron chi connectivity index (χ0n) is 10.5. The van der Waals surface area contributed by atoms with E-state index < -0.39 is 0 Å². The van der Waals surface area contributed by atoms with Gasteiger partial charge in [0.05, 0.1) is 6.54 Å². The monoisotopic (exact) mass is 217 g/mol. The number of aryl methyl sites for hydroxylation is 3. The molecule has 0 saturated heterocycles. The van der Waals surface area contributed by atoms with E-state index in [4.69, 9.17) is 4.42 Å². The van der Waals surface area contributed by atoms with Gasteiger partial charge >= 0.3 is 0 Å². The van der Waals surface area contributed by atoms with Gasteiger partial charge in [-0.15, -0.1) is 0 Å². The van der Waals surface area contributed by atoms with Crippen molar-refractivity contribution >= 4 is 11.0 Å². The molecule has 0 aliphatic heterocycles. The van der Waals surface area contributed by atoms with Gasteiger partial charge in [-0.2, -0.15) is 0 Å². The average Bonchev–Trinajstić information content (AvgIpc) is 2.56. The van der Waals surface area contributed by atoms with Crippen LogP contribution in [0.3, 0.4) is 0 Å². The summed E-state index contributed by atoms with van der Waals surface area (Å²) < 4.78 is 5.90. The number of hydrogen-bond donors (Lipinski definition) is 1. The molecule has 16 heavy (non-hydrogen) atoms. The van der Waals surface area contributed by atoms with Crippen molar-refractivity contribution in [3.63, 3.8) is 0 Å². The van der Waals surface area contributed by atoms with Crippen LogP contribution in [0.4, 0.5) is 0 Å². The van der Waals surface area contributed by atoms with Crippen LogP contribution in [0.15, 0.2) is 16.5 Å². The Morgan fingerprint density at radius 3 is 2.50 bits per heavy atom. The molecule has 0 aliphatic carbocycles. The molecule has 2 aromatic rings. The normalized spacial score (nSPS) is 11.2. The summed E-state index contributed by atoms with van der Waals surface area (Å²) in [6, 6.07) is 4.38. The molecular weight excluding hydrogens is 198 g/mol. The van der Waals surface area contributed by atoms with Crippen molar-refractivity contribution in [3.05, 3.63) is 34.6 Å². The highest BCUT2D eigenvalue weighted by Gasteiger charge is 2.12. The molecule has 0 amide bonds. The van der Waals surface area contributed by atoms with Crippen molar-refractivity contribution in [1.82, 2.24) is 5.32 Å². The molecule has 1 aromatic heterocycles. The highest BCUT2D eigenvalue weighted by atomic mass is 16.3. The summed E-state index contributed by atoms with van der Waals surface area (Å²) in [4.78, 5) is 0.